The van der Waals surface area contributed by atoms with Gasteiger partial charge in [0.25, 0.3) is 0 Å². The number of esters is 1. The van der Waals surface area contributed by atoms with Gasteiger partial charge in [-0.2, -0.15) is 0 Å². The van der Waals surface area contributed by atoms with Crippen LogP contribution < -0.4 is 4.74 Å². The predicted octanol–water partition coefficient (Wildman–Crippen LogP) is 3.75. The van der Waals surface area contributed by atoms with E-state index >= 15 is 0 Å². The molecule has 0 spiro atoms. The van der Waals surface area contributed by atoms with Gasteiger partial charge in [0, 0.05) is 0 Å². The van der Waals surface area contributed by atoms with Crippen molar-refractivity contribution in [3.63, 3.8) is 0 Å². The van der Waals surface area contributed by atoms with E-state index in [0.29, 0.717) is 0 Å². The minimum atomic E-state index is -0.349. The Kier molecular flexibility index (Phi) is 5.90. The van der Waals surface area contributed by atoms with Gasteiger partial charge in [-0.05, 0) is 36.5 Å². The Labute approximate surface area is 121 Å². The average molecular weight is 276 g/mol. The molecule has 1 saturated carbocycles. The molecule has 1 aromatic rings. The fraction of sp³-hybridized carbons (Fsp3) is 0.588. The number of benzene rings is 1. The van der Waals surface area contributed by atoms with Crippen molar-refractivity contribution >= 4 is 5.97 Å². The van der Waals surface area contributed by atoms with E-state index in [1.54, 1.807) is 0 Å². The molecule has 110 valence electrons. The normalized spacial score (nSPS) is 15.8. The zero-order valence-electron chi connectivity index (χ0n) is 12.3. The van der Waals surface area contributed by atoms with Crippen LogP contribution in [0.25, 0.3) is 0 Å². The minimum absolute atomic E-state index is 0.0252. The first-order valence-electron chi connectivity index (χ1n) is 7.56. The molecule has 1 fully saturated rings. The summed E-state index contributed by atoms with van der Waals surface area (Å²) in [5, 5.41) is 0. The molecule has 0 N–H and O–H groups in total. The van der Waals surface area contributed by atoms with Crippen LogP contribution in [0.1, 0.15) is 44.1 Å². The van der Waals surface area contributed by atoms with Gasteiger partial charge in [-0.25, -0.2) is 4.79 Å². The van der Waals surface area contributed by atoms with E-state index in [-0.39, 0.29) is 12.6 Å². The Morgan fingerprint density at radius 3 is 2.80 bits per heavy atom. The van der Waals surface area contributed by atoms with Crippen molar-refractivity contribution in [2.45, 2.75) is 44.9 Å². The highest BCUT2D eigenvalue weighted by molar-refractivity contribution is 5.70. The lowest BCUT2D eigenvalue weighted by Crippen LogP contribution is -2.12. The maximum atomic E-state index is 11.1. The van der Waals surface area contributed by atoms with Crippen molar-refractivity contribution in [3.8, 4) is 5.75 Å². The van der Waals surface area contributed by atoms with Gasteiger partial charge >= 0.3 is 5.97 Å². The van der Waals surface area contributed by atoms with Crippen LogP contribution in [0.2, 0.25) is 0 Å². The van der Waals surface area contributed by atoms with E-state index in [2.05, 4.69) is 10.8 Å². The van der Waals surface area contributed by atoms with Crippen molar-refractivity contribution in [1.29, 1.82) is 0 Å². The van der Waals surface area contributed by atoms with Gasteiger partial charge in [-0.15, -0.1) is 0 Å². The van der Waals surface area contributed by atoms with E-state index in [1.807, 2.05) is 18.2 Å². The topological polar surface area (TPSA) is 35.5 Å². The second kappa shape index (κ2) is 7.93. The molecular weight excluding hydrogens is 252 g/mol. The fourth-order valence-electron chi connectivity index (χ4n) is 2.84. The van der Waals surface area contributed by atoms with Crippen LogP contribution >= 0.6 is 0 Å². The second-order valence-electron chi connectivity index (χ2n) is 5.55. The summed E-state index contributed by atoms with van der Waals surface area (Å²) >= 11 is 0. The number of carbonyl (C=O) groups is 1. The zero-order chi connectivity index (χ0) is 14.2. The van der Waals surface area contributed by atoms with Gasteiger partial charge in [0.15, 0.2) is 6.61 Å². The molecular formula is C17H24O3. The highest BCUT2D eigenvalue weighted by atomic mass is 16.6. The third-order valence-corrected chi connectivity index (χ3v) is 4.05. The van der Waals surface area contributed by atoms with Crippen molar-refractivity contribution < 1.29 is 14.3 Å². The SMILES string of the molecule is COC(=O)COc1cccc(CCC2CCCCC2)c1. The van der Waals surface area contributed by atoms with Gasteiger partial charge in [0.2, 0.25) is 0 Å². The van der Waals surface area contributed by atoms with Gasteiger partial charge in [-0.1, -0.05) is 44.2 Å². The van der Waals surface area contributed by atoms with Gasteiger partial charge in [0.1, 0.15) is 5.75 Å². The summed E-state index contributed by atoms with van der Waals surface area (Å²) in [6.45, 7) is -0.0252. The number of hydrogen-bond acceptors (Lipinski definition) is 3. The van der Waals surface area contributed by atoms with Crippen molar-refractivity contribution in [2.24, 2.45) is 5.92 Å². The van der Waals surface area contributed by atoms with Gasteiger partial charge in [-0.3, -0.25) is 0 Å². The molecule has 0 aromatic heterocycles. The average Bonchev–Trinajstić information content (AvgIpc) is 2.52. The van der Waals surface area contributed by atoms with Crippen LogP contribution in [0.3, 0.4) is 0 Å². The van der Waals surface area contributed by atoms with Crippen LogP contribution in [-0.4, -0.2) is 19.7 Å². The molecule has 0 unspecified atom stereocenters. The standard InChI is InChI=1S/C17H24O3/c1-19-17(18)13-20-16-9-5-8-15(12-16)11-10-14-6-3-2-4-7-14/h5,8-9,12,14H,2-4,6-7,10-11,13H2,1H3. The largest absolute Gasteiger partial charge is 0.482 e. The van der Waals surface area contributed by atoms with Crippen molar-refractivity contribution in [3.05, 3.63) is 29.8 Å². The molecule has 0 amide bonds. The quantitative estimate of drug-likeness (QED) is 0.742. The first-order chi connectivity index (χ1) is 9.78. The molecule has 3 nitrogen and oxygen atoms in total. The minimum Gasteiger partial charge on any atom is -0.482 e. The molecule has 0 aliphatic heterocycles. The monoisotopic (exact) mass is 276 g/mol. The summed E-state index contributed by atoms with van der Waals surface area (Å²) in [4.78, 5) is 11.1. The molecule has 3 heteroatoms. The number of aryl methyl sites for hydroxylation is 1. The van der Waals surface area contributed by atoms with Crippen molar-refractivity contribution in [2.75, 3.05) is 13.7 Å². The highest BCUT2D eigenvalue weighted by Crippen LogP contribution is 2.28. The molecule has 1 aromatic carbocycles. The van der Waals surface area contributed by atoms with Gasteiger partial charge < -0.3 is 9.47 Å². The number of hydrogen-bond donors (Lipinski definition) is 0. The van der Waals surface area contributed by atoms with E-state index in [9.17, 15) is 4.79 Å². The van der Waals surface area contributed by atoms with Crippen LogP contribution in [0.4, 0.5) is 0 Å². The van der Waals surface area contributed by atoms with Crippen LogP contribution in [0.5, 0.6) is 5.75 Å². The summed E-state index contributed by atoms with van der Waals surface area (Å²) < 4.78 is 9.98. The van der Waals surface area contributed by atoms with Crippen molar-refractivity contribution in [1.82, 2.24) is 0 Å². The lowest BCUT2D eigenvalue weighted by Gasteiger charge is -2.21. The lowest BCUT2D eigenvalue weighted by molar-refractivity contribution is -0.142. The Hall–Kier alpha value is -1.51. The van der Waals surface area contributed by atoms with E-state index < -0.39 is 0 Å². The van der Waals surface area contributed by atoms with Crippen LogP contribution in [0.15, 0.2) is 24.3 Å². The molecule has 1 aliphatic carbocycles. The molecule has 0 atom stereocenters. The van der Waals surface area contributed by atoms with Crippen LogP contribution in [-0.2, 0) is 16.0 Å². The van der Waals surface area contributed by atoms with E-state index in [0.717, 1.165) is 18.1 Å². The Morgan fingerprint density at radius 2 is 2.05 bits per heavy atom. The summed E-state index contributed by atoms with van der Waals surface area (Å²) in [5.74, 6) is 1.29. The molecule has 1 aliphatic rings. The maximum Gasteiger partial charge on any atom is 0.343 e. The first kappa shape index (κ1) is 14.9. The molecule has 20 heavy (non-hydrogen) atoms. The smallest absolute Gasteiger partial charge is 0.343 e. The Bertz CT molecular complexity index is 422. The zero-order valence-corrected chi connectivity index (χ0v) is 12.3. The Morgan fingerprint density at radius 1 is 1.25 bits per heavy atom. The Balaban J connectivity index is 1.80. The highest BCUT2D eigenvalue weighted by Gasteiger charge is 2.13. The van der Waals surface area contributed by atoms with Crippen LogP contribution in [0, 0.1) is 5.92 Å². The molecule has 0 bridgehead atoms. The molecule has 0 saturated heterocycles. The number of carbonyl (C=O) groups excluding carboxylic acids is 1. The van der Waals surface area contributed by atoms with E-state index in [4.69, 9.17) is 4.74 Å². The fourth-order valence-corrected chi connectivity index (χ4v) is 2.84. The summed E-state index contributed by atoms with van der Waals surface area (Å²) in [5.41, 5.74) is 1.29. The summed E-state index contributed by atoms with van der Waals surface area (Å²) in [7, 11) is 1.37. The lowest BCUT2D eigenvalue weighted by atomic mass is 9.85. The predicted molar refractivity (Wildman–Crippen MR) is 78.8 cm³/mol. The summed E-state index contributed by atoms with van der Waals surface area (Å²) in [6.07, 6.45) is 9.34. The molecule has 0 radical (unpaired) electrons. The van der Waals surface area contributed by atoms with E-state index in [1.165, 1.54) is 51.2 Å². The first-order valence-corrected chi connectivity index (χ1v) is 7.56. The van der Waals surface area contributed by atoms with Gasteiger partial charge in [0.05, 0.1) is 7.11 Å². The third-order valence-electron chi connectivity index (χ3n) is 4.05. The maximum absolute atomic E-state index is 11.1. The third kappa shape index (κ3) is 4.87. The molecule has 2 rings (SSSR count). The molecule has 0 heterocycles. The number of methoxy groups -OCH3 is 1. The number of ether oxygens (including phenoxy) is 2. The second-order valence-corrected chi connectivity index (χ2v) is 5.55. The number of rotatable bonds is 6. The summed E-state index contributed by atoms with van der Waals surface area (Å²) in [6, 6.07) is 8.04.